The van der Waals surface area contributed by atoms with E-state index in [0.717, 1.165) is 16.1 Å². The highest BCUT2D eigenvalue weighted by Crippen LogP contribution is 2.36. The van der Waals surface area contributed by atoms with Crippen LogP contribution in [0.4, 0.5) is 10.1 Å². The maximum absolute atomic E-state index is 16.0. The number of H-pyrrole nitrogens is 2. The van der Waals surface area contributed by atoms with Crippen LogP contribution in [0.1, 0.15) is 20.8 Å². The van der Waals surface area contributed by atoms with Gasteiger partial charge in [-0.15, -0.1) is 11.3 Å². The molecule has 6 aromatic rings. The van der Waals surface area contributed by atoms with Gasteiger partial charge in [-0.25, -0.2) is 9.37 Å². The lowest BCUT2D eigenvalue weighted by atomic mass is 9.95. The quantitative estimate of drug-likeness (QED) is 0.253. The van der Waals surface area contributed by atoms with Gasteiger partial charge in [0.05, 0.1) is 33.2 Å². The molecule has 0 aliphatic carbocycles. The molecule has 3 N–H and O–H groups in total. The highest BCUT2D eigenvalue weighted by molar-refractivity contribution is 7.13. The van der Waals surface area contributed by atoms with Gasteiger partial charge >= 0.3 is 0 Å². The van der Waals surface area contributed by atoms with Crippen LogP contribution in [0.15, 0.2) is 60.4 Å². The van der Waals surface area contributed by atoms with Gasteiger partial charge in [0.1, 0.15) is 22.7 Å². The Balaban J connectivity index is 1.44. The zero-order valence-corrected chi connectivity index (χ0v) is 21.1. The molecule has 5 aromatic heterocycles. The molecular formula is C27H22FN7OS. The second kappa shape index (κ2) is 8.59. The van der Waals surface area contributed by atoms with Gasteiger partial charge in [0.2, 0.25) is 5.91 Å². The third-order valence-corrected chi connectivity index (χ3v) is 6.91. The summed E-state index contributed by atoms with van der Waals surface area (Å²) in [5.41, 5.74) is 3.94. The zero-order valence-electron chi connectivity index (χ0n) is 20.3. The van der Waals surface area contributed by atoms with E-state index in [4.69, 9.17) is 4.98 Å². The Morgan fingerprint density at radius 1 is 1.08 bits per heavy atom. The number of aromatic nitrogens is 6. The lowest BCUT2D eigenvalue weighted by molar-refractivity contribution is -0.123. The van der Waals surface area contributed by atoms with Crippen LogP contribution in [0, 0.1) is 11.2 Å². The van der Waals surface area contributed by atoms with Crippen LogP contribution in [0.25, 0.3) is 55.2 Å². The van der Waals surface area contributed by atoms with E-state index in [0.29, 0.717) is 44.8 Å². The topological polar surface area (TPSA) is 112 Å². The molecule has 0 saturated carbocycles. The van der Waals surface area contributed by atoms with E-state index >= 15 is 4.39 Å². The summed E-state index contributed by atoms with van der Waals surface area (Å²) in [5, 5.41) is 12.4. The number of halogens is 1. The fraction of sp³-hybridized carbons (Fsp3) is 0.148. The number of nitrogens with one attached hydrogen (secondary N) is 3. The number of amides is 1. The van der Waals surface area contributed by atoms with Crippen molar-refractivity contribution in [3.63, 3.8) is 0 Å². The molecule has 0 aliphatic rings. The molecule has 5 heterocycles. The number of imidazole rings is 1. The van der Waals surface area contributed by atoms with Crippen molar-refractivity contribution in [1.82, 2.24) is 30.1 Å². The van der Waals surface area contributed by atoms with Gasteiger partial charge in [0.15, 0.2) is 5.82 Å². The number of pyridine rings is 2. The standard InChI is InChI=1S/C27H22FN7OS/c1-27(2,3)26(36)31-15-11-14(12-29-13-15)16-6-7-17-20(21(16)28)24(35-34-17)25-32-18-8-9-30-23(22(18)33-25)19-5-4-10-37-19/h4-13H,1-3H3,(H,31,36)(H,32,33)(H,34,35). The van der Waals surface area contributed by atoms with Crippen molar-refractivity contribution in [2.45, 2.75) is 20.8 Å². The number of hydrogen-bond donors (Lipinski definition) is 3. The lowest BCUT2D eigenvalue weighted by Gasteiger charge is -2.17. The first-order chi connectivity index (χ1) is 17.8. The molecule has 0 bridgehead atoms. The van der Waals surface area contributed by atoms with Crippen molar-refractivity contribution < 1.29 is 9.18 Å². The number of fused-ring (bicyclic) bond motifs is 2. The second-order valence-corrected chi connectivity index (χ2v) is 10.7. The number of benzene rings is 1. The van der Waals surface area contributed by atoms with Crippen molar-refractivity contribution in [3.8, 4) is 33.2 Å². The van der Waals surface area contributed by atoms with Crippen LogP contribution in [0.5, 0.6) is 0 Å². The third-order valence-electron chi connectivity index (χ3n) is 6.04. The summed E-state index contributed by atoms with van der Waals surface area (Å²) in [6, 6.07) is 10.9. The van der Waals surface area contributed by atoms with Gasteiger partial charge in [0, 0.05) is 28.9 Å². The molecule has 0 spiro atoms. The smallest absolute Gasteiger partial charge is 0.229 e. The average Bonchev–Trinajstić information content (AvgIpc) is 3.63. The summed E-state index contributed by atoms with van der Waals surface area (Å²) in [4.78, 5) is 30.2. The molecule has 37 heavy (non-hydrogen) atoms. The van der Waals surface area contributed by atoms with Gasteiger partial charge in [-0.3, -0.25) is 19.9 Å². The third kappa shape index (κ3) is 4.05. The number of thiophene rings is 1. The number of nitrogens with zero attached hydrogens (tertiary/aromatic N) is 4. The Labute approximate surface area is 215 Å². The van der Waals surface area contributed by atoms with Crippen molar-refractivity contribution >= 4 is 44.9 Å². The molecule has 10 heteroatoms. The molecule has 184 valence electrons. The van der Waals surface area contributed by atoms with Crippen LogP contribution in [-0.4, -0.2) is 36.0 Å². The maximum Gasteiger partial charge on any atom is 0.229 e. The molecule has 6 rings (SSSR count). The molecule has 0 unspecified atom stereocenters. The van der Waals surface area contributed by atoms with Gasteiger partial charge in [-0.2, -0.15) is 5.10 Å². The number of carbonyl (C=O) groups is 1. The van der Waals surface area contributed by atoms with E-state index in [9.17, 15) is 4.79 Å². The predicted molar refractivity (Wildman–Crippen MR) is 144 cm³/mol. The Hall–Kier alpha value is -4.44. The van der Waals surface area contributed by atoms with Gasteiger partial charge < -0.3 is 10.3 Å². The monoisotopic (exact) mass is 511 g/mol. The normalized spacial score (nSPS) is 11.9. The Morgan fingerprint density at radius 2 is 1.95 bits per heavy atom. The number of rotatable bonds is 4. The molecule has 0 aliphatic heterocycles. The Kier molecular flexibility index (Phi) is 5.34. The first-order valence-corrected chi connectivity index (χ1v) is 12.5. The van der Waals surface area contributed by atoms with Gasteiger partial charge in [-0.05, 0) is 35.7 Å². The summed E-state index contributed by atoms with van der Waals surface area (Å²) < 4.78 is 16.0. The van der Waals surface area contributed by atoms with Crippen molar-refractivity contribution in [2.75, 3.05) is 5.32 Å². The zero-order chi connectivity index (χ0) is 25.7. The molecular weight excluding hydrogens is 489 g/mol. The van der Waals surface area contributed by atoms with E-state index in [1.165, 1.54) is 0 Å². The summed E-state index contributed by atoms with van der Waals surface area (Å²) >= 11 is 1.58. The van der Waals surface area contributed by atoms with Crippen LogP contribution in [0.2, 0.25) is 0 Å². The Bertz CT molecular complexity index is 1780. The van der Waals surface area contributed by atoms with Crippen LogP contribution in [-0.2, 0) is 4.79 Å². The summed E-state index contributed by atoms with van der Waals surface area (Å²) in [6.45, 7) is 5.47. The number of anilines is 1. The summed E-state index contributed by atoms with van der Waals surface area (Å²) in [7, 11) is 0. The largest absolute Gasteiger partial charge is 0.336 e. The van der Waals surface area contributed by atoms with E-state index in [1.54, 1.807) is 48.1 Å². The molecule has 1 aromatic carbocycles. The summed E-state index contributed by atoms with van der Waals surface area (Å²) in [5.74, 6) is -0.174. The predicted octanol–water partition coefficient (Wildman–Crippen LogP) is 6.42. The second-order valence-electron chi connectivity index (χ2n) is 9.71. The average molecular weight is 512 g/mol. The first-order valence-electron chi connectivity index (χ1n) is 11.6. The van der Waals surface area contributed by atoms with Gasteiger partial charge in [0.25, 0.3) is 0 Å². The van der Waals surface area contributed by atoms with Crippen LogP contribution >= 0.6 is 11.3 Å². The minimum atomic E-state index is -0.572. The highest BCUT2D eigenvalue weighted by Gasteiger charge is 2.23. The number of aromatic amines is 2. The van der Waals surface area contributed by atoms with Crippen molar-refractivity contribution in [1.29, 1.82) is 0 Å². The highest BCUT2D eigenvalue weighted by atomic mass is 32.1. The molecule has 0 fully saturated rings. The SMILES string of the molecule is CC(C)(C)C(=O)Nc1cncc(-c2ccc3[nH]nc(-c4nc5c(-c6cccs6)nccc5[nH]4)c3c2F)c1. The van der Waals surface area contributed by atoms with Crippen LogP contribution < -0.4 is 5.32 Å². The van der Waals surface area contributed by atoms with Gasteiger partial charge in [-0.1, -0.05) is 26.8 Å². The molecule has 1 amide bonds. The van der Waals surface area contributed by atoms with E-state index in [1.807, 2.05) is 44.4 Å². The molecule has 8 nitrogen and oxygen atoms in total. The van der Waals surface area contributed by atoms with Crippen molar-refractivity contribution in [2.24, 2.45) is 5.41 Å². The molecule has 0 saturated heterocycles. The molecule has 0 radical (unpaired) electrons. The molecule has 0 atom stereocenters. The Morgan fingerprint density at radius 3 is 2.73 bits per heavy atom. The minimum absolute atomic E-state index is 0.152. The van der Waals surface area contributed by atoms with E-state index in [-0.39, 0.29) is 5.91 Å². The summed E-state index contributed by atoms with van der Waals surface area (Å²) in [6.07, 6.45) is 4.83. The maximum atomic E-state index is 16.0. The van der Waals surface area contributed by atoms with Crippen molar-refractivity contribution in [3.05, 3.63) is 66.2 Å². The van der Waals surface area contributed by atoms with E-state index in [2.05, 4.69) is 30.5 Å². The number of carbonyl (C=O) groups excluding carboxylic acids is 1. The minimum Gasteiger partial charge on any atom is -0.336 e. The number of hydrogen-bond acceptors (Lipinski definition) is 6. The fourth-order valence-electron chi connectivity index (χ4n) is 4.08. The fourth-order valence-corrected chi connectivity index (χ4v) is 4.80. The van der Waals surface area contributed by atoms with Crippen LogP contribution in [0.3, 0.4) is 0 Å². The first kappa shape index (κ1) is 23.0. The lowest BCUT2D eigenvalue weighted by Crippen LogP contribution is -2.27. The van der Waals surface area contributed by atoms with E-state index < -0.39 is 11.2 Å².